The Balaban J connectivity index is 3.47. The Morgan fingerprint density at radius 2 is 1.33 bits per heavy atom. The summed E-state index contributed by atoms with van der Waals surface area (Å²) in [4.78, 5) is 23.7. The van der Waals surface area contributed by atoms with Gasteiger partial charge in [-0.25, -0.2) is 0 Å². The second-order valence-corrected chi connectivity index (χ2v) is 7.36. The first kappa shape index (κ1) is 20.2. The zero-order valence-corrected chi connectivity index (χ0v) is 15.4. The summed E-state index contributed by atoms with van der Waals surface area (Å²) in [7, 11) is 0. The molecule has 0 spiro atoms. The molecule has 0 aliphatic carbocycles. The van der Waals surface area contributed by atoms with E-state index in [1.54, 1.807) is 0 Å². The van der Waals surface area contributed by atoms with E-state index in [0.29, 0.717) is 24.0 Å². The van der Waals surface area contributed by atoms with Crippen LogP contribution in [0.1, 0.15) is 76.0 Å². The Kier molecular flexibility index (Phi) is 7.46. The molecule has 0 radical (unpaired) electrons. The van der Waals surface area contributed by atoms with Crippen molar-refractivity contribution in [2.24, 2.45) is 11.8 Å². The third kappa shape index (κ3) is 5.36. The van der Waals surface area contributed by atoms with Crippen LogP contribution in [0.25, 0.3) is 0 Å². The minimum atomic E-state index is -0.886. The minimum Gasteiger partial charge on any atom is -0.481 e. The van der Waals surface area contributed by atoms with Crippen LogP contribution >= 0.6 is 0 Å². The number of benzene rings is 1. The molecule has 0 heterocycles. The molecule has 134 valence electrons. The van der Waals surface area contributed by atoms with Gasteiger partial charge in [0.1, 0.15) is 0 Å². The van der Waals surface area contributed by atoms with Crippen LogP contribution in [0.15, 0.2) is 18.2 Å². The maximum absolute atomic E-state index is 11.9. The van der Waals surface area contributed by atoms with E-state index in [1.165, 1.54) is 0 Å². The maximum Gasteiger partial charge on any atom is 0.310 e. The van der Waals surface area contributed by atoms with Crippen molar-refractivity contribution in [1.29, 1.82) is 0 Å². The summed E-state index contributed by atoms with van der Waals surface area (Å²) in [5.41, 5.74) is 2.36. The van der Waals surface area contributed by atoms with Crippen molar-refractivity contribution in [3.63, 3.8) is 0 Å². The molecule has 0 saturated heterocycles. The SMILES string of the molecule is CCc1ccc(C(CC(C)C)C(=O)O)c(C(CC(C)C)C(=O)O)c1. The number of rotatable bonds is 9. The van der Waals surface area contributed by atoms with E-state index >= 15 is 0 Å². The first-order valence-electron chi connectivity index (χ1n) is 8.75. The van der Waals surface area contributed by atoms with Crippen LogP contribution in [-0.4, -0.2) is 22.2 Å². The number of hydrogen-bond acceptors (Lipinski definition) is 2. The number of hydrogen-bond donors (Lipinski definition) is 2. The molecule has 0 aliphatic rings. The zero-order valence-electron chi connectivity index (χ0n) is 15.4. The second-order valence-electron chi connectivity index (χ2n) is 7.36. The Labute approximate surface area is 144 Å². The zero-order chi connectivity index (χ0) is 18.4. The van der Waals surface area contributed by atoms with E-state index in [2.05, 4.69) is 0 Å². The first-order chi connectivity index (χ1) is 11.2. The summed E-state index contributed by atoms with van der Waals surface area (Å²) in [6, 6.07) is 5.64. The summed E-state index contributed by atoms with van der Waals surface area (Å²) in [6.45, 7) is 9.96. The minimum absolute atomic E-state index is 0.220. The highest BCUT2D eigenvalue weighted by Gasteiger charge is 2.30. The van der Waals surface area contributed by atoms with Gasteiger partial charge in [-0.1, -0.05) is 52.8 Å². The van der Waals surface area contributed by atoms with Gasteiger partial charge in [0, 0.05) is 0 Å². The highest BCUT2D eigenvalue weighted by Crippen LogP contribution is 2.35. The average Bonchev–Trinajstić information content (AvgIpc) is 2.49. The Morgan fingerprint density at radius 1 is 0.875 bits per heavy atom. The van der Waals surface area contributed by atoms with Crippen LogP contribution in [0.4, 0.5) is 0 Å². The number of carbonyl (C=O) groups is 2. The van der Waals surface area contributed by atoms with Gasteiger partial charge in [-0.15, -0.1) is 0 Å². The van der Waals surface area contributed by atoms with Gasteiger partial charge in [0.25, 0.3) is 0 Å². The predicted molar refractivity (Wildman–Crippen MR) is 95.5 cm³/mol. The van der Waals surface area contributed by atoms with Crippen LogP contribution in [0, 0.1) is 11.8 Å². The molecule has 4 heteroatoms. The Bertz CT molecular complexity index is 575. The highest BCUT2D eigenvalue weighted by atomic mass is 16.4. The highest BCUT2D eigenvalue weighted by molar-refractivity contribution is 5.80. The van der Waals surface area contributed by atoms with E-state index in [0.717, 1.165) is 12.0 Å². The molecule has 0 saturated carbocycles. The summed E-state index contributed by atoms with van der Waals surface area (Å²) in [6.07, 6.45) is 1.80. The number of carboxylic acids is 2. The molecular formula is C20H30O4. The van der Waals surface area contributed by atoms with Crippen LogP contribution < -0.4 is 0 Å². The Morgan fingerprint density at radius 3 is 1.71 bits per heavy atom. The average molecular weight is 334 g/mol. The molecule has 0 amide bonds. The van der Waals surface area contributed by atoms with E-state index in [-0.39, 0.29) is 11.8 Å². The van der Waals surface area contributed by atoms with Gasteiger partial charge in [0.2, 0.25) is 0 Å². The summed E-state index contributed by atoms with van der Waals surface area (Å²) in [5.74, 6) is -2.66. The van der Waals surface area contributed by atoms with Gasteiger partial charge in [0.05, 0.1) is 11.8 Å². The third-order valence-corrected chi connectivity index (χ3v) is 4.32. The standard InChI is InChI=1S/C20H30O4/c1-6-14-7-8-15(17(19(21)22)9-12(2)3)16(11-14)18(20(23)24)10-13(4)5/h7-8,11-13,17-18H,6,9-10H2,1-5H3,(H,21,22)(H,23,24). The van der Waals surface area contributed by atoms with Crippen molar-refractivity contribution in [2.75, 3.05) is 0 Å². The molecular weight excluding hydrogens is 304 g/mol. The fourth-order valence-corrected chi connectivity index (χ4v) is 3.13. The fourth-order valence-electron chi connectivity index (χ4n) is 3.13. The molecule has 0 fully saturated rings. The lowest BCUT2D eigenvalue weighted by atomic mass is 9.80. The van der Waals surface area contributed by atoms with E-state index in [1.807, 2.05) is 52.8 Å². The van der Waals surface area contributed by atoms with Crippen LogP contribution in [-0.2, 0) is 16.0 Å². The quantitative estimate of drug-likeness (QED) is 0.687. The molecule has 2 unspecified atom stereocenters. The van der Waals surface area contributed by atoms with Crippen molar-refractivity contribution in [3.05, 3.63) is 34.9 Å². The molecule has 2 atom stereocenters. The van der Waals surface area contributed by atoms with Crippen LogP contribution in [0.2, 0.25) is 0 Å². The molecule has 1 aromatic rings. The molecule has 0 aromatic heterocycles. The van der Waals surface area contributed by atoms with E-state index < -0.39 is 23.8 Å². The van der Waals surface area contributed by atoms with Crippen LogP contribution in [0.3, 0.4) is 0 Å². The van der Waals surface area contributed by atoms with Crippen molar-refractivity contribution in [1.82, 2.24) is 0 Å². The number of aliphatic carboxylic acids is 2. The topological polar surface area (TPSA) is 74.6 Å². The van der Waals surface area contributed by atoms with Crippen molar-refractivity contribution in [2.45, 2.75) is 65.7 Å². The van der Waals surface area contributed by atoms with Gasteiger partial charge in [-0.2, -0.15) is 0 Å². The van der Waals surface area contributed by atoms with Crippen molar-refractivity contribution < 1.29 is 19.8 Å². The molecule has 24 heavy (non-hydrogen) atoms. The van der Waals surface area contributed by atoms with E-state index in [4.69, 9.17) is 0 Å². The predicted octanol–water partition coefficient (Wildman–Crippen LogP) is 4.68. The summed E-state index contributed by atoms with van der Waals surface area (Å²) >= 11 is 0. The largest absolute Gasteiger partial charge is 0.481 e. The lowest BCUT2D eigenvalue weighted by molar-refractivity contribution is -0.140. The van der Waals surface area contributed by atoms with Crippen molar-refractivity contribution in [3.8, 4) is 0 Å². The maximum atomic E-state index is 11.9. The monoisotopic (exact) mass is 334 g/mol. The summed E-state index contributed by atoms with van der Waals surface area (Å²) < 4.78 is 0. The van der Waals surface area contributed by atoms with Crippen molar-refractivity contribution >= 4 is 11.9 Å². The smallest absolute Gasteiger partial charge is 0.310 e. The van der Waals surface area contributed by atoms with Crippen LogP contribution in [0.5, 0.6) is 0 Å². The van der Waals surface area contributed by atoms with Gasteiger partial charge in [-0.05, 0) is 47.8 Å². The van der Waals surface area contributed by atoms with Gasteiger partial charge >= 0.3 is 11.9 Å². The second kappa shape index (κ2) is 8.86. The molecule has 1 rings (SSSR count). The fraction of sp³-hybridized carbons (Fsp3) is 0.600. The third-order valence-electron chi connectivity index (χ3n) is 4.32. The van der Waals surface area contributed by atoms with E-state index in [9.17, 15) is 19.8 Å². The van der Waals surface area contributed by atoms with Gasteiger partial charge < -0.3 is 10.2 Å². The van der Waals surface area contributed by atoms with Gasteiger partial charge in [-0.3, -0.25) is 9.59 Å². The molecule has 4 nitrogen and oxygen atoms in total. The lowest BCUT2D eigenvalue weighted by Gasteiger charge is -2.24. The number of aryl methyl sites for hydroxylation is 1. The Hall–Kier alpha value is -1.84. The molecule has 1 aromatic carbocycles. The normalized spacial score (nSPS) is 14.0. The van der Waals surface area contributed by atoms with Gasteiger partial charge in [0.15, 0.2) is 0 Å². The molecule has 0 aliphatic heterocycles. The first-order valence-corrected chi connectivity index (χ1v) is 8.75. The lowest BCUT2D eigenvalue weighted by Crippen LogP contribution is -2.21. The molecule has 0 bridgehead atoms. The number of carboxylic acid groups (broad SMARTS) is 2. The molecule has 2 N–H and O–H groups in total. The summed E-state index contributed by atoms with van der Waals surface area (Å²) in [5, 5.41) is 19.4.